The lowest BCUT2D eigenvalue weighted by Gasteiger charge is -2.35. The van der Waals surface area contributed by atoms with Gasteiger partial charge < -0.3 is 69.0 Å². The minimum absolute atomic E-state index is 0.0128. The molecule has 4 atom stereocenters. The first-order valence-electron chi connectivity index (χ1n) is 29.6. The molecule has 5 amide bonds. The van der Waals surface area contributed by atoms with Crippen LogP contribution < -0.4 is 30.7 Å². The molecule has 22 heteroatoms. The monoisotopic (exact) mass is 1190 g/mol. The van der Waals surface area contributed by atoms with Gasteiger partial charge in [0.25, 0.3) is 5.91 Å². The summed E-state index contributed by atoms with van der Waals surface area (Å²) in [5.41, 5.74) is 9.65. The number of hydrogen-bond acceptors (Lipinski definition) is 16. The van der Waals surface area contributed by atoms with Crippen molar-refractivity contribution in [2.24, 2.45) is 5.41 Å². The fraction of sp³-hybridized carbons (Fsp3) is 0.540. The highest BCUT2D eigenvalue weighted by Gasteiger charge is 2.44. The molecule has 4 heterocycles. The van der Waals surface area contributed by atoms with Gasteiger partial charge in [0.1, 0.15) is 29.4 Å². The third-order valence-corrected chi connectivity index (χ3v) is 16.3. The Hall–Kier alpha value is -6.79. The van der Waals surface area contributed by atoms with Crippen molar-refractivity contribution in [1.82, 2.24) is 40.7 Å². The maximum atomic E-state index is 14.0. The zero-order valence-electron chi connectivity index (χ0n) is 50.0. The van der Waals surface area contributed by atoms with Crippen LogP contribution in [0.1, 0.15) is 109 Å². The van der Waals surface area contributed by atoms with Gasteiger partial charge in [-0.3, -0.25) is 24.0 Å². The maximum absolute atomic E-state index is 14.0. The molecule has 1 aliphatic carbocycles. The number of amides is 5. The number of hydrogen-bond donors (Lipinski definition) is 5. The van der Waals surface area contributed by atoms with Gasteiger partial charge in [0.15, 0.2) is 0 Å². The molecule has 5 aromatic rings. The molecule has 2 aliphatic heterocycles. The van der Waals surface area contributed by atoms with Gasteiger partial charge in [-0.05, 0) is 85.4 Å². The minimum atomic E-state index is -0.939. The van der Waals surface area contributed by atoms with Gasteiger partial charge in [-0.1, -0.05) is 57.2 Å². The van der Waals surface area contributed by atoms with E-state index < -0.39 is 29.5 Å². The molecule has 460 valence electrons. The van der Waals surface area contributed by atoms with Crippen LogP contribution in [0.5, 0.6) is 11.5 Å². The largest absolute Gasteiger partial charge is 0.496 e. The number of carbonyl (C=O) groups excluding carboxylic acids is 5. The first-order valence-corrected chi connectivity index (χ1v) is 30.5. The molecular weight excluding hydrogens is 1110 g/mol. The third-order valence-electron chi connectivity index (χ3n) is 15.3. The van der Waals surface area contributed by atoms with E-state index in [1.165, 1.54) is 10.5 Å². The number of methoxy groups -OCH3 is 1. The van der Waals surface area contributed by atoms with E-state index in [1.54, 1.807) is 30.6 Å². The summed E-state index contributed by atoms with van der Waals surface area (Å²) in [6, 6.07) is 15.9. The van der Waals surface area contributed by atoms with Crippen molar-refractivity contribution < 1.29 is 62.2 Å². The van der Waals surface area contributed by atoms with Crippen LogP contribution in [-0.4, -0.2) is 165 Å². The van der Waals surface area contributed by atoms with E-state index >= 15 is 0 Å². The molecule has 0 radical (unpaired) electrons. The molecule has 0 spiro atoms. The summed E-state index contributed by atoms with van der Waals surface area (Å²) in [6.45, 7) is 14.4. The fourth-order valence-electron chi connectivity index (χ4n) is 10.6. The topological polar surface area (TPSA) is 252 Å². The Kier molecular flexibility index (Phi) is 23.8. The Morgan fingerprint density at radius 1 is 0.788 bits per heavy atom. The van der Waals surface area contributed by atoms with Crippen molar-refractivity contribution in [3.63, 3.8) is 0 Å². The zero-order chi connectivity index (χ0) is 60.3. The molecule has 85 heavy (non-hydrogen) atoms. The number of aliphatic hydroxyl groups excluding tert-OH is 1. The van der Waals surface area contributed by atoms with Crippen LogP contribution >= 0.6 is 11.3 Å². The molecule has 1 fully saturated rings. The van der Waals surface area contributed by atoms with Gasteiger partial charge in [-0.2, -0.15) is 0 Å². The van der Waals surface area contributed by atoms with Crippen LogP contribution in [0.4, 0.5) is 0 Å². The quantitative estimate of drug-likeness (QED) is 0.0293. The molecule has 0 saturated carbocycles. The Morgan fingerprint density at radius 2 is 1.45 bits per heavy atom. The Bertz CT molecular complexity index is 3010. The molecule has 1 saturated heterocycles. The number of aliphatic hydroxyl groups is 1. The van der Waals surface area contributed by atoms with Crippen LogP contribution in [0.2, 0.25) is 0 Å². The van der Waals surface area contributed by atoms with Crippen molar-refractivity contribution in [2.75, 3.05) is 92.9 Å². The fourth-order valence-corrected chi connectivity index (χ4v) is 11.4. The van der Waals surface area contributed by atoms with Crippen molar-refractivity contribution in [1.29, 1.82) is 0 Å². The third kappa shape index (κ3) is 18.4. The van der Waals surface area contributed by atoms with Crippen LogP contribution in [-0.2, 0) is 68.8 Å². The highest BCUT2D eigenvalue weighted by Crippen LogP contribution is 2.37. The number of β-amino-alcohol motifs (C(OH)–C–C–N with tert-alkyl or cyclic N) is 1. The number of ether oxygens (including phenoxy) is 7. The first kappa shape index (κ1) is 64.2. The van der Waals surface area contributed by atoms with Crippen molar-refractivity contribution in [3.05, 3.63) is 106 Å². The molecule has 0 bridgehead atoms. The van der Waals surface area contributed by atoms with Crippen LogP contribution in [0, 0.1) is 19.3 Å². The van der Waals surface area contributed by atoms with E-state index in [0.29, 0.717) is 82.9 Å². The number of likely N-dealkylation sites (tertiary alicyclic amines) is 1. The van der Waals surface area contributed by atoms with Crippen LogP contribution in [0.25, 0.3) is 21.7 Å². The number of carbonyl (C=O) groups is 5. The van der Waals surface area contributed by atoms with Gasteiger partial charge in [-0.15, -0.1) is 11.3 Å². The standard InChI is InChI=1S/C63H84N8O13S/c1-41-53(78-6)34-47(60(75)68-50-17-16-44-14-15-46(33-49(44)50)51-39-70-21-7-9-55(70)67-51)35-54(41)84-22-8-20-64-56(73)18-23-79-25-27-81-29-31-83-32-30-82-28-26-80-24-19-57(74)69-59(63(3,4)5)62(77)71-38-48(72)36-52(71)61(76)65-37-43-10-12-45(13-11-43)58-42(2)66-40-85-58/h10-15,33-35,39-40,48,50,52,59,72H,7-9,16-32,36-38H2,1-6H3,(H,64,73)(H,65,76)(H,68,75)(H,69,74)/t48-,50-,52+,59-/m1/s1. The molecule has 0 unspecified atom stereocenters. The number of rotatable bonds is 33. The molecule has 5 N–H and O–H groups in total. The lowest BCUT2D eigenvalue weighted by atomic mass is 9.85. The van der Waals surface area contributed by atoms with E-state index in [2.05, 4.69) is 55.2 Å². The van der Waals surface area contributed by atoms with Crippen LogP contribution in [0.15, 0.2) is 66.3 Å². The predicted octanol–water partition coefficient (Wildman–Crippen LogP) is 6.22. The summed E-state index contributed by atoms with van der Waals surface area (Å²) in [5, 5.41) is 22.5. The maximum Gasteiger partial charge on any atom is 0.252 e. The van der Waals surface area contributed by atoms with Crippen LogP contribution in [0.3, 0.4) is 0 Å². The number of benzene rings is 3. The second-order valence-corrected chi connectivity index (χ2v) is 23.5. The van der Waals surface area contributed by atoms with E-state index in [-0.39, 0.29) is 81.8 Å². The van der Waals surface area contributed by atoms with Crippen molar-refractivity contribution in [3.8, 4) is 33.2 Å². The summed E-state index contributed by atoms with van der Waals surface area (Å²) in [5.74, 6) is 0.729. The van der Waals surface area contributed by atoms with Gasteiger partial charge >= 0.3 is 0 Å². The molecule has 3 aromatic carbocycles. The molecule has 2 aromatic heterocycles. The average Bonchev–Trinajstić information content (AvgIpc) is 4.24. The first-order chi connectivity index (χ1) is 41.1. The number of imidazole rings is 1. The molecule has 8 rings (SSSR count). The lowest BCUT2D eigenvalue weighted by molar-refractivity contribution is -0.144. The minimum Gasteiger partial charge on any atom is -0.496 e. The number of fused-ring (bicyclic) bond motifs is 2. The second-order valence-electron chi connectivity index (χ2n) is 22.7. The lowest BCUT2D eigenvalue weighted by Crippen LogP contribution is -2.57. The van der Waals surface area contributed by atoms with Gasteiger partial charge in [-0.25, -0.2) is 9.97 Å². The Balaban J connectivity index is 0.607. The smallest absolute Gasteiger partial charge is 0.252 e. The van der Waals surface area contributed by atoms with E-state index in [9.17, 15) is 29.1 Å². The SMILES string of the molecule is COc1cc(C(=O)N[C@@H]2CCc3ccc(-c4cn5c(n4)CCC5)cc32)cc(OCCCNC(=O)CCOCCOCCOCCOCCOCCC(=O)N[C@H](C(=O)N2C[C@H](O)C[C@H]2C(=O)NCc2ccc(-c3scnc3C)cc2)C(C)(C)C)c1C. The number of nitrogens with zero attached hydrogens (tertiary/aromatic N) is 4. The summed E-state index contributed by atoms with van der Waals surface area (Å²) in [7, 11) is 1.57. The molecule has 21 nitrogen and oxygen atoms in total. The normalized spacial score (nSPS) is 16.6. The summed E-state index contributed by atoms with van der Waals surface area (Å²) < 4.78 is 41.9. The van der Waals surface area contributed by atoms with E-state index in [0.717, 1.165) is 82.1 Å². The van der Waals surface area contributed by atoms with Crippen molar-refractivity contribution in [2.45, 2.75) is 123 Å². The Morgan fingerprint density at radius 3 is 2.09 bits per heavy atom. The molecule has 3 aliphatic rings. The summed E-state index contributed by atoms with van der Waals surface area (Å²) in [6.07, 6.45) is 5.98. The number of aryl methyl sites for hydroxylation is 4. The van der Waals surface area contributed by atoms with Gasteiger partial charge in [0.2, 0.25) is 23.6 Å². The predicted molar refractivity (Wildman–Crippen MR) is 320 cm³/mol. The summed E-state index contributed by atoms with van der Waals surface area (Å²) in [4.78, 5) is 78.2. The van der Waals surface area contributed by atoms with E-state index in [1.807, 2.05) is 64.4 Å². The van der Waals surface area contributed by atoms with E-state index in [4.69, 9.17) is 38.1 Å². The zero-order valence-corrected chi connectivity index (χ0v) is 50.8. The molecular formula is C63H84N8O13S. The van der Waals surface area contributed by atoms with Gasteiger partial charge in [0.05, 0.1) is 114 Å². The number of thiazole rings is 1. The van der Waals surface area contributed by atoms with Crippen molar-refractivity contribution >= 4 is 40.9 Å². The second kappa shape index (κ2) is 31.6. The van der Waals surface area contributed by atoms with Gasteiger partial charge in [0, 0.05) is 74.7 Å². The summed E-state index contributed by atoms with van der Waals surface area (Å²) >= 11 is 1.57. The number of nitrogens with one attached hydrogen (secondary N) is 4. The number of aromatic nitrogens is 3. The average molecular weight is 1190 g/mol. The Labute approximate surface area is 502 Å². The highest BCUT2D eigenvalue weighted by atomic mass is 32.1. The highest BCUT2D eigenvalue weighted by molar-refractivity contribution is 7.13.